The fourth-order valence-electron chi connectivity index (χ4n) is 3.64. The molecule has 0 fully saturated rings. The van der Waals surface area contributed by atoms with Crippen molar-refractivity contribution in [3.63, 3.8) is 0 Å². The van der Waals surface area contributed by atoms with E-state index in [-0.39, 0.29) is 29.1 Å². The molecule has 4 rings (SSSR count). The number of rotatable bonds is 6. The molecule has 6 nitrogen and oxygen atoms in total. The van der Waals surface area contributed by atoms with Gasteiger partial charge < -0.3 is 18.6 Å². The van der Waals surface area contributed by atoms with Gasteiger partial charge in [0.15, 0.2) is 6.61 Å². The van der Waals surface area contributed by atoms with E-state index in [0.29, 0.717) is 21.9 Å². The maximum absolute atomic E-state index is 12.9. The minimum atomic E-state index is -0.575. The van der Waals surface area contributed by atoms with Gasteiger partial charge in [-0.05, 0) is 86.3 Å². The van der Waals surface area contributed by atoms with Crippen LogP contribution in [0.5, 0.6) is 23.0 Å². The van der Waals surface area contributed by atoms with Crippen LogP contribution in [0.4, 0.5) is 0 Å². The van der Waals surface area contributed by atoms with Crippen molar-refractivity contribution in [2.24, 2.45) is 0 Å². The number of fused-ring (bicyclic) bond motifs is 1. The highest BCUT2D eigenvalue weighted by Gasteiger charge is 2.13. The number of benzene rings is 3. The Labute approximate surface area is 201 Å². The van der Waals surface area contributed by atoms with Crippen LogP contribution in [0.2, 0.25) is 5.02 Å². The third kappa shape index (κ3) is 5.24. The van der Waals surface area contributed by atoms with Gasteiger partial charge in [0.1, 0.15) is 29.1 Å². The van der Waals surface area contributed by atoms with Crippen LogP contribution >= 0.6 is 11.6 Å². The number of ether oxygens (including phenoxy) is 3. The molecule has 0 aliphatic carbocycles. The Hall–Kier alpha value is -3.77. The number of carbonyl (C=O) groups excluding carboxylic acids is 1. The van der Waals surface area contributed by atoms with Crippen molar-refractivity contribution in [2.45, 2.75) is 27.7 Å². The van der Waals surface area contributed by atoms with Crippen molar-refractivity contribution in [2.75, 3.05) is 6.61 Å². The van der Waals surface area contributed by atoms with Crippen LogP contribution in [0.15, 0.2) is 64.0 Å². The molecule has 174 valence electrons. The van der Waals surface area contributed by atoms with E-state index in [1.165, 1.54) is 24.5 Å². The fraction of sp³-hybridized carbons (Fsp3) is 0.185. The van der Waals surface area contributed by atoms with E-state index in [2.05, 4.69) is 0 Å². The van der Waals surface area contributed by atoms with Crippen LogP contribution in [0, 0.1) is 27.7 Å². The monoisotopic (exact) mass is 478 g/mol. The maximum Gasteiger partial charge on any atom is 0.349 e. The van der Waals surface area contributed by atoms with Crippen molar-refractivity contribution in [3.05, 3.63) is 92.3 Å². The molecule has 0 bridgehead atoms. The van der Waals surface area contributed by atoms with Crippen LogP contribution < -0.4 is 19.6 Å². The summed E-state index contributed by atoms with van der Waals surface area (Å²) in [6.07, 6.45) is 1.23. The Balaban J connectivity index is 1.48. The topological polar surface area (TPSA) is 75.0 Å². The predicted octanol–water partition coefficient (Wildman–Crippen LogP) is 6.46. The molecule has 0 N–H and O–H groups in total. The molecule has 4 aromatic rings. The van der Waals surface area contributed by atoms with Crippen molar-refractivity contribution < 1.29 is 23.4 Å². The first-order valence-corrected chi connectivity index (χ1v) is 11.0. The summed E-state index contributed by atoms with van der Waals surface area (Å²) < 4.78 is 22.2. The summed E-state index contributed by atoms with van der Waals surface area (Å²) in [7, 11) is 0. The smallest absolute Gasteiger partial charge is 0.349 e. The van der Waals surface area contributed by atoms with Crippen LogP contribution in [0.1, 0.15) is 22.3 Å². The van der Waals surface area contributed by atoms with Crippen molar-refractivity contribution in [3.8, 4) is 23.0 Å². The lowest BCUT2D eigenvalue weighted by molar-refractivity contribution is -0.136. The Morgan fingerprint density at radius 2 is 1.56 bits per heavy atom. The minimum Gasteiger partial charge on any atom is -0.482 e. The lowest BCUT2D eigenvalue weighted by Crippen LogP contribution is -2.17. The van der Waals surface area contributed by atoms with Gasteiger partial charge in [-0.2, -0.15) is 0 Å². The predicted molar refractivity (Wildman–Crippen MR) is 131 cm³/mol. The van der Waals surface area contributed by atoms with Gasteiger partial charge in [0.05, 0.1) is 5.39 Å². The van der Waals surface area contributed by atoms with E-state index in [1.54, 1.807) is 12.1 Å². The number of hydrogen-bond acceptors (Lipinski definition) is 6. The summed E-state index contributed by atoms with van der Waals surface area (Å²) in [6, 6.07) is 13.7. The summed E-state index contributed by atoms with van der Waals surface area (Å²) in [5, 5.41) is 0.950. The number of hydrogen-bond donors (Lipinski definition) is 0. The molecular formula is C27H23ClO6. The Kier molecular flexibility index (Phi) is 6.61. The van der Waals surface area contributed by atoms with E-state index in [1.807, 2.05) is 45.9 Å². The molecule has 0 saturated carbocycles. The summed E-state index contributed by atoms with van der Waals surface area (Å²) in [6.45, 7) is 7.38. The molecule has 0 radical (unpaired) electrons. The van der Waals surface area contributed by atoms with Gasteiger partial charge in [-0.3, -0.25) is 4.79 Å². The van der Waals surface area contributed by atoms with Gasteiger partial charge in [-0.15, -0.1) is 0 Å². The van der Waals surface area contributed by atoms with Gasteiger partial charge >= 0.3 is 5.97 Å². The number of halogens is 1. The largest absolute Gasteiger partial charge is 0.482 e. The molecule has 1 aromatic heterocycles. The molecule has 34 heavy (non-hydrogen) atoms. The lowest BCUT2D eigenvalue weighted by atomic mass is 10.1. The summed E-state index contributed by atoms with van der Waals surface area (Å²) in [5.41, 5.74) is 3.68. The first-order chi connectivity index (χ1) is 16.2. The van der Waals surface area contributed by atoms with Gasteiger partial charge in [-0.1, -0.05) is 17.7 Å². The Morgan fingerprint density at radius 1 is 0.882 bits per heavy atom. The Morgan fingerprint density at radius 3 is 2.24 bits per heavy atom. The number of carbonyl (C=O) groups is 1. The average Bonchev–Trinajstić information content (AvgIpc) is 2.77. The van der Waals surface area contributed by atoms with E-state index < -0.39 is 5.97 Å². The van der Waals surface area contributed by atoms with Crippen molar-refractivity contribution in [1.82, 2.24) is 0 Å². The molecule has 0 atom stereocenters. The lowest BCUT2D eigenvalue weighted by Gasteiger charge is -2.10. The standard InChI is InChI=1S/C27H23ClO6/c1-15-7-16(2)9-20(8-15)31-14-25(29)34-19-5-6-22-23(12-19)32-13-24(27(22)30)33-21-10-17(3)26(28)18(4)11-21/h5-13H,14H2,1-4H3. The highest BCUT2D eigenvalue weighted by Crippen LogP contribution is 2.29. The zero-order valence-corrected chi connectivity index (χ0v) is 20.0. The highest BCUT2D eigenvalue weighted by molar-refractivity contribution is 6.32. The summed E-state index contributed by atoms with van der Waals surface area (Å²) >= 11 is 6.20. The maximum atomic E-state index is 12.9. The number of aryl methyl sites for hydroxylation is 4. The molecule has 0 saturated heterocycles. The van der Waals surface area contributed by atoms with E-state index in [9.17, 15) is 9.59 Å². The van der Waals surface area contributed by atoms with E-state index in [0.717, 1.165) is 22.3 Å². The normalized spacial score (nSPS) is 10.9. The van der Waals surface area contributed by atoms with E-state index in [4.69, 9.17) is 30.2 Å². The zero-order chi connectivity index (χ0) is 24.4. The third-order valence-electron chi connectivity index (χ3n) is 5.14. The summed E-state index contributed by atoms with van der Waals surface area (Å²) in [5.74, 6) is 0.787. The molecule has 0 aliphatic rings. The van der Waals surface area contributed by atoms with Crippen LogP contribution in [0.25, 0.3) is 11.0 Å². The van der Waals surface area contributed by atoms with Crippen molar-refractivity contribution in [1.29, 1.82) is 0 Å². The quantitative estimate of drug-likeness (QED) is 0.234. The van der Waals surface area contributed by atoms with Gasteiger partial charge in [0.2, 0.25) is 11.2 Å². The molecule has 0 spiro atoms. The van der Waals surface area contributed by atoms with E-state index >= 15 is 0 Å². The second kappa shape index (κ2) is 9.61. The van der Waals surface area contributed by atoms with Crippen LogP contribution in [-0.2, 0) is 4.79 Å². The summed E-state index contributed by atoms with van der Waals surface area (Å²) in [4.78, 5) is 25.1. The fourth-order valence-corrected chi connectivity index (χ4v) is 3.75. The third-order valence-corrected chi connectivity index (χ3v) is 5.73. The molecule has 3 aromatic carbocycles. The second-order valence-corrected chi connectivity index (χ2v) is 8.52. The first-order valence-electron chi connectivity index (χ1n) is 10.6. The molecule has 0 unspecified atom stereocenters. The van der Waals surface area contributed by atoms with Gasteiger partial charge in [0.25, 0.3) is 0 Å². The number of esters is 1. The van der Waals surface area contributed by atoms with Gasteiger partial charge in [0, 0.05) is 11.1 Å². The molecule has 0 aliphatic heterocycles. The minimum absolute atomic E-state index is 0.0419. The van der Waals surface area contributed by atoms with Gasteiger partial charge in [-0.25, -0.2) is 4.79 Å². The zero-order valence-electron chi connectivity index (χ0n) is 19.2. The molecule has 0 amide bonds. The first kappa shape index (κ1) is 23.4. The van der Waals surface area contributed by atoms with Crippen LogP contribution in [0.3, 0.4) is 0 Å². The average molecular weight is 479 g/mol. The molecule has 1 heterocycles. The Bertz CT molecular complexity index is 1410. The van der Waals surface area contributed by atoms with Crippen molar-refractivity contribution >= 4 is 28.5 Å². The molecular weight excluding hydrogens is 456 g/mol. The second-order valence-electron chi connectivity index (χ2n) is 8.15. The SMILES string of the molecule is Cc1cc(C)cc(OCC(=O)Oc2ccc3c(=O)c(Oc4cc(C)c(Cl)c(C)c4)coc3c2)c1. The van der Waals surface area contributed by atoms with Crippen LogP contribution in [-0.4, -0.2) is 12.6 Å². The molecule has 7 heteroatoms. The highest BCUT2D eigenvalue weighted by atomic mass is 35.5.